The summed E-state index contributed by atoms with van der Waals surface area (Å²) in [5.41, 5.74) is 0. The number of rotatable bonds is 2. The molecule has 1 aliphatic carbocycles. The molecule has 3 unspecified atom stereocenters. The number of nitrogens with zero attached hydrogens (tertiary/aromatic N) is 1. The molecule has 1 aliphatic rings. The van der Waals surface area contributed by atoms with Crippen molar-refractivity contribution in [2.75, 3.05) is 0 Å². The van der Waals surface area contributed by atoms with Gasteiger partial charge in [-0.05, 0) is 43.4 Å². The number of hydrogen-bond acceptors (Lipinski definition) is 2. The first kappa shape index (κ1) is 14.1. The average Bonchev–Trinajstić information content (AvgIpc) is 2.34. The zero-order valence-corrected chi connectivity index (χ0v) is 12.5. The van der Waals surface area contributed by atoms with Gasteiger partial charge in [0, 0.05) is 15.2 Å². The maximum Gasteiger partial charge on any atom is 0.0667 e. The van der Waals surface area contributed by atoms with Crippen molar-refractivity contribution in [1.29, 1.82) is 5.26 Å². The first-order valence-electron chi connectivity index (χ1n) is 6.11. The zero-order chi connectivity index (χ0) is 13.1. The molecular formula is C14H15Cl2NS. The number of hydrogen-bond donors (Lipinski definition) is 0. The lowest BCUT2D eigenvalue weighted by Crippen LogP contribution is -2.24. The number of thioether (sulfide) groups is 1. The van der Waals surface area contributed by atoms with Gasteiger partial charge in [0.15, 0.2) is 0 Å². The van der Waals surface area contributed by atoms with E-state index in [1.54, 1.807) is 17.8 Å². The van der Waals surface area contributed by atoms with Crippen molar-refractivity contribution in [1.82, 2.24) is 0 Å². The summed E-state index contributed by atoms with van der Waals surface area (Å²) in [6.07, 6.45) is 3.22. The van der Waals surface area contributed by atoms with Gasteiger partial charge in [-0.1, -0.05) is 30.1 Å². The molecule has 1 nitrogen and oxygen atoms in total. The van der Waals surface area contributed by atoms with Crippen LogP contribution >= 0.6 is 35.0 Å². The quantitative estimate of drug-likeness (QED) is 0.728. The van der Waals surface area contributed by atoms with Gasteiger partial charge in [0.1, 0.15) is 0 Å². The van der Waals surface area contributed by atoms with Crippen LogP contribution in [0.15, 0.2) is 23.1 Å². The van der Waals surface area contributed by atoms with Crippen molar-refractivity contribution in [3.8, 4) is 6.07 Å². The molecule has 0 radical (unpaired) electrons. The highest BCUT2D eigenvalue weighted by Gasteiger charge is 2.29. The highest BCUT2D eigenvalue weighted by Crippen LogP contribution is 2.42. The molecule has 1 aromatic carbocycles. The lowest BCUT2D eigenvalue weighted by Gasteiger charge is -2.30. The third-order valence-corrected chi connectivity index (χ3v) is 5.48. The van der Waals surface area contributed by atoms with E-state index in [-0.39, 0.29) is 5.92 Å². The van der Waals surface area contributed by atoms with Crippen molar-refractivity contribution in [2.45, 2.75) is 36.3 Å². The Bertz CT molecular complexity index is 469. The summed E-state index contributed by atoms with van der Waals surface area (Å²) in [6, 6.07) is 7.93. The minimum atomic E-state index is 0.126. The summed E-state index contributed by atoms with van der Waals surface area (Å²) >= 11 is 13.9. The molecule has 1 saturated carbocycles. The lowest BCUT2D eigenvalue weighted by molar-refractivity contribution is 0.346. The summed E-state index contributed by atoms with van der Waals surface area (Å²) in [5, 5.41) is 11.0. The van der Waals surface area contributed by atoms with E-state index < -0.39 is 0 Å². The van der Waals surface area contributed by atoms with E-state index in [0.29, 0.717) is 16.2 Å². The van der Waals surface area contributed by atoms with Crippen molar-refractivity contribution in [3.63, 3.8) is 0 Å². The van der Waals surface area contributed by atoms with Gasteiger partial charge in [-0.3, -0.25) is 0 Å². The van der Waals surface area contributed by atoms with Crippen LogP contribution in [0.3, 0.4) is 0 Å². The number of benzene rings is 1. The predicted molar refractivity (Wildman–Crippen MR) is 78.2 cm³/mol. The van der Waals surface area contributed by atoms with E-state index in [9.17, 15) is 5.26 Å². The minimum Gasteiger partial charge on any atom is -0.198 e. The van der Waals surface area contributed by atoms with Crippen LogP contribution in [-0.4, -0.2) is 5.25 Å². The van der Waals surface area contributed by atoms with Gasteiger partial charge in [-0.25, -0.2) is 0 Å². The van der Waals surface area contributed by atoms with Crippen LogP contribution in [0.5, 0.6) is 0 Å². The van der Waals surface area contributed by atoms with Crippen LogP contribution in [0.4, 0.5) is 0 Å². The lowest BCUT2D eigenvalue weighted by atomic mass is 9.83. The van der Waals surface area contributed by atoms with Gasteiger partial charge in [-0.15, -0.1) is 11.8 Å². The van der Waals surface area contributed by atoms with E-state index in [1.807, 2.05) is 12.1 Å². The van der Waals surface area contributed by atoms with Crippen molar-refractivity contribution >= 4 is 35.0 Å². The van der Waals surface area contributed by atoms with E-state index >= 15 is 0 Å². The molecule has 0 bridgehead atoms. The molecule has 3 atom stereocenters. The highest BCUT2D eigenvalue weighted by atomic mass is 35.5. The molecule has 0 spiro atoms. The molecule has 0 aliphatic heterocycles. The molecule has 18 heavy (non-hydrogen) atoms. The first-order chi connectivity index (χ1) is 8.60. The second-order valence-corrected chi connectivity index (χ2v) is 7.01. The summed E-state index contributed by atoms with van der Waals surface area (Å²) in [5.74, 6) is 0.811. The molecule has 2 rings (SSSR count). The Labute approximate surface area is 122 Å². The summed E-state index contributed by atoms with van der Waals surface area (Å²) in [4.78, 5) is 0.989. The van der Waals surface area contributed by atoms with Crippen molar-refractivity contribution < 1.29 is 0 Å². The van der Waals surface area contributed by atoms with Crippen LogP contribution in [0.2, 0.25) is 10.0 Å². The smallest absolute Gasteiger partial charge is 0.0667 e. The largest absolute Gasteiger partial charge is 0.198 e. The van der Waals surface area contributed by atoms with Gasteiger partial charge in [0.05, 0.1) is 17.0 Å². The molecule has 0 amide bonds. The summed E-state index contributed by atoms with van der Waals surface area (Å²) in [6.45, 7) is 2.25. The molecule has 0 saturated heterocycles. The Kier molecular flexibility index (Phi) is 4.84. The summed E-state index contributed by atoms with van der Waals surface area (Å²) < 4.78 is 0. The zero-order valence-electron chi connectivity index (χ0n) is 10.2. The Balaban J connectivity index is 2.16. The van der Waals surface area contributed by atoms with Gasteiger partial charge in [-0.2, -0.15) is 5.26 Å². The van der Waals surface area contributed by atoms with E-state index in [1.165, 1.54) is 0 Å². The molecule has 4 heteroatoms. The molecule has 0 aromatic heterocycles. The van der Waals surface area contributed by atoms with Gasteiger partial charge >= 0.3 is 0 Å². The van der Waals surface area contributed by atoms with E-state index in [0.717, 1.165) is 29.2 Å². The second kappa shape index (κ2) is 6.19. The van der Waals surface area contributed by atoms with Crippen LogP contribution < -0.4 is 0 Å². The van der Waals surface area contributed by atoms with Crippen LogP contribution in [0.25, 0.3) is 0 Å². The number of nitriles is 1. The third kappa shape index (κ3) is 3.35. The third-order valence-electron chi connectivity index (χ3n) is 3.39. The normalized spacial score (nSPS) is 27.8. The maximum atomic E-state index is 9.23. The fourth-order valence-electron chi connectivity index (χ4n) is 2.34. The Morgan fingerprint density at radius 2 is 2.11 bits per heavy atom. The van der Waals surface area contributed by atoms with Crippen molar-refractivity contribution in [2.24, 2.45) is 11.8 Å². The van der Waals surface area contributed by atoms with E-state index in [4.69, 9.17) is 23.2 Å². The molecule has 0 N–H and O–H groups in total. The van der Waals surface area contributed by atoms with Crippen molar-refractivity contribution in [3.05, 3.63) is 28.2 Å². The maximum absolute atomic E-state index is 9.23. The molecule has 1 fully saturated rings. The minimum absolute atomic E-state index is 0.126. The highest BCUT2D eigenvalue weighted by molar-refractivity contribution is 8.00. The molecule has 0 heterocycles. The molecular weight excluding hydrogens is 285 g/mol. The monoisotopic (exact) mass is 299 g/mol. The first-order valence-corrected chi connectivity index (χ1v) is 7.75. The second-order valence-electron chi connectivity index (χ2n) is 4.88. The number of halogens is 2. The van der Waals surface area contributed by atoms with Crippen LogP contribution in [0, 0.1) is 23.2 Å². The summed E-state index contributed by atoms with van der Waals surface area (Å²) in [7, 11) is 0. The fraction of sp³-hybridized carbons (Fsp3) is 0.500. The van der Waals surface area contributed by atoms with Crippen LogP contribution in [0.1, 0.15) is 26.2 Å². The molecule has 96 valence electrons. The Hall–Kier alpha value is -0.360. The molecule has 1 aromatic rings. The van der Waals surface area contributed by atoms with Crippen LogP contribution in [-0.2, 0) is 0 Å². The van der Waals surface area contributed by atoms with Gasteiger partial charge < -0.3 is 0 Å². The standard InChI is InChI=1S/C14H15Cl2NS/c1-9-2-3-10(8-17)13(6-9)18-14-7-11(15)4-5-12(14)16/h4-5,7,9-10,13H,2-3,6H2,1H3. The topological polar surface area (TPSA) is 23.8 Å². The SMILES string of the molecule is CC1CCC(C#N)C(Sc2cc(Cl)ccc2Cl)C1. The fourth-order valence-corrected chi connectivity index (χ4v) is 4.31. The average molecular weight is 300 g/mol. The predicted octanol–water partition coefficient (Wildman–Crippen LogP) is 5.41. The van der Waals surface area contributed by atoms with Gasteiger partial charge in [0.25, 0.3) is 0 Å². The van der Waals surface area contributed by atoms with Gasteiger partial charge in [0.2, 0.25) is 0 Å². The van der Waals surface area contributed by atoms with E-state index in [2.05, 4.69) is 13.0 Å². The Morgan fingerprint density at radius 1 is 1.33 bits per heavy atom. The Morgan fingerprint density at radius 3 is 2.83 bits per heavy atom.